The number of carbonyl (C=O) groups excluding carboxylic acids is 1. The molecular formula is C12H25ClN2OS. The molecule has 1 atom stereocenters. The first-order valence-electron chi connectivity index (χ1n) is 6.33. The topological polar surface area (TPSA) is 46.3 Å². The van der Waals surface area contributed by atoms with E-state index in [9.17, 15) is 4.79 Å². The molecule has 102 valence electrons. The van der Waals surface area contributed by atoms with Gasteiger partial charge in [-0.3, -0.25) is 4.79 Å². The van der Waals surface area contributed by atoms with Crippen molar-refractivity contribution >= 4 is 30.1 Å². The lowest BCUT2D eigenvalue weighted by Crippen LogP contribution is -2.44. The van der Waals surface area contributed by atoms with Gasteiger partial charge in [0.05, 0.1) is 0 Å². The van der Waals surface area contributed by atoms with Crippen LogP contribution in [-0.2, 0) is 4.79 Å². The standard InChI is InChI=1S/C12H24N2OS.ClH/c1-11-10-16-9-8-14(11)12(15)6-4-2-3-5-7-13;/h11H,2-10,13H2,1H3;1H. The van der Waals surface area contributed by atoms with E-state index in [1.807, 2.05) is 11.8 Å². The summed E-state index contributed by atoms with van der Waals surface area (Å²) in [6, 6.07) is 0.426. The van der Waals surface area contributed by atoms with E-state index in [-0.39, 0.29) is 12.4 Å². The Morgan fingerprint density at radius 2 is 2.06 bits per heavy atom. The van der Waals surface area contributed by atoms with Gasteiger partial charge in [0.15, 0.2) is 0 Å². The Morgan fingerprint density at radius 3 is 2.71 bits per heavy atom. The fourth-order valence-electron chi connectivity index (χ4n) is 2.02. The van der Waals surface area contributed by atoms with Crippen LogP contribution in [0.5, 0.6) is 0 Å². The highest BCUT2D eigenvalue weighted by Crippen LogP contribution is 2.17. The zero-order valence-electron chi connectivity index (χ0n) is 10.7. The first-order valence-corrected chi connectivity index (χ1v) is 7.48. The molecule has 0 radical (unpaired) electrons. The van der Waals surface area contributed by atoms with Crippen LogP contribution in [0.3, 0.4) is 0 Å². The number of halogens is 1. The molecule has 0 aliphatic carbocycles. The normalized spacial score (nSPS) is 19.9. The fraction of sp³-hybridized carbons (Fsp3) is 0.917. The van der Waals surface area contributed by atoms with Crippen LogP contribution in [0, 0.1) is 0 Å². The predicted octanol–water partition coefficient (Wildman–Crippen LogP) is 2.28. The molecule has 1 rings (SSSR count). The van der Waals surface area contributed by atoms with Gasteiger partial charge in [0.2, 0.25) is 5.91 Å². The molecule has 0 bridgehead atoms. The lowest BCUT2D eigenvalue weighted by Gasteiger charge is -2.33. The summed E-state index contributed by atoms with van der Waals surface area (Å²) in [5.74, 6) is 2.54. The number of nitrogens with two attached hydrogens (primary N) is 1. The third-order valence-corrected chi connectivity index (χ3v) is 4.22. The largest absolute Gasteiger partial charge is 0.338 e. The zero-order valence-corrected chi connectivity index (χ0v) is 12.3. The maximum atomic E-state index is 11.9. The van der Waals surface area contributed by atoms with Crippen LogP contribution in [0.4, 0.5) is 0 Å². The summed E-state index contributed by atoms with van der Waals surface area (Å²) in [4.78, 5) is 14.0. The molecule has 1 amide bonds. The molecule has 0 aromatic heterocycles. The molecule has 1 heterocycles. The Kier molecular flexibility index (Phi) is 10.1. The Morgan fingerprint density at radius 1 is 1.35 bits per heavy atom. The van der Waals surface area contributed by atoms with Crippen LogP contribution in [0.2, 0.25) is 0 Å². The van der Waals surface area contributed by atoms with Crippen molar-refractivity contribution in [2.45, 2.75) is 45.1 Å². The van der Waals surface area contributed by atoms with Crippen LogP contribution in [0.15, 0.2) is 0 Å². The van der Waals surface area contributed by atoms with Crippen LogP contribution >= 0.6 is 24.2 Å². The molecule has 0 aromatic rings. The second-order valence-corrected chi connectivity index (χ2v) is 5.61. The van der Waals surface area contributed by atoms with Gasteiger partial charge in [-0.15, -0.1) is 12.4 Å². The van der Waals surface area contributed by atoms with Gasteiger partial charge in [-0.25, -0.2) is 0 Å². The number of amides is 1. The van der Waals surface area contributed by atoms with Crippen molar-refractivity contribution in [3.63, 3.8) is 0 Å². The Bertz CT molecular complexity index is 217. The second kappa shape index (κ2) is 10.0. The summed E-state index contributed by atoms with van der Waals surface area (Å²) in [6.07, 6.45) is 5.13. The van der Waals surface area contributed by atoms with Crippen LogP contribution in [-0.4, -0.2) is 41.4 Å². The number of hydrogen-bond donors (Lipinski definition) is 1. The van der Waals surface area contributed by atoms with E-state index >= 15 is 0 Å². The van der Waals surface area contributed by atoms with Gasteiger partial charge in [-0.05, 0) is 26.3 Å². The van der Waals surface area contributed by atoms with E-state index in [1.165, 1.54) is 0 Å². The van der Waals surface area contributed by atoms with E-state index in [0.29, 0.717) is 11.9 Å². The zero-order chi connectivity index (χ0) is 11.8. The van der Waals surface area contributed by atoms with Gasteiger partial charge in [-0.2, -0.15) is 11.8 Å². The molecule has 1 fully saturated rings. The van der Waals surface area contributed by atoms with E-state index in [1.54, 1.807) is 0 Å². The smallest absolute Gasteiger partial charge is 0.222 e. The molecule has 3 nitrogen and oxygen atoms in total. The minimum atomic E-state index is 0. The van der Waals surface area contributed by atoms with Gasteiger partial charge in [0.1, 0.15) is 0 Å². The minimum absolute atomic E-state index is 0. The summed E-state index contributed by atoms with van der Waals surface area (Å²) in [6.45, 7) is 3.86. The maximum Gasteiger partial charge on any atom is 0.222 e. The highest BCUT2D eigenvalue weighted by atomic mass is 35.5. The molecule has 0 saturated carbocycles. The highest BCUT2D eigenvalue weighted by molar-refractivity contribution is 7.99. The number of nitrogens with zero attached hydrogens (tertiary/aromatic N) is 1. The third-order valence-electron chi connectivity index (χ3n) is 3.03. The second-order valence-electron chi connectivity index (χ2n) is 4.46. The van der Waals surface area contributed by atoms with E-state index in [2.05, 4.69) is 11.8 Å². The van der Waals surface area contributed by atoms with Crippen molar-refractivity contribution < 1.29 is 4.79 Å². The van der Waals surface area contributed by atoms with Gasteiger partial charge >= 0.3 is 0 Å². The molecule has 1 aliphatic heterocycles. The first-order chi connectivity index (χ1) is 7.75. The van der Waals surface area contributed by atoms with Crippen molar-refractivity contribution in [3.8, 4) is 0 Å². The van der Waals surface area contributed by atoms with E-state index in [4.69, 9.17) is 5.73 Å². The molecule has 2 N–H and O–H groups in total. The molecular weight excluding hydrogens is 256 g/mol. The van der Waals surface area contributed by atoms with Crippen LogP contribution < -0.4 is 5.73 Å². The number of hydrogen-bond acceptors (Lipinski definition) is 3. The number of carbonyl (C=O) groups is 1. The monoisotopic (exact) mass is 280 g/mol. The maximum absolute atomic E-state index is 11.9. The number of rotatable bonds is 6. The highest BCUT2D eigenvalue weighted by Gasteiger charge is 2.22. The Labute approximate surface area is 115 Å². The SMILES string of the molecule is CC1CSCCN1C(=O)CCCCCCN.Cl. The predicted molar refractivity (Wildman–Crippen MR) is 77.9 cm³/mol. The van der Waals surface area contributed by atoms with Crippen LogP contribution in [0.1, 0.15) is 39.0 Å². The van der Waals surface area contributed by atoms with E-state index < -0.39 is 0 Å². The summed E-state index contributed by atoms with van der Waals surface area (Å²) >= 11 is 1.95. The summed E-state index contributed by atoms with van der Waals surface area (Å²) < 4.78 is 0. The fourth-order valence-corrected chi connectivity index (χ4v) is 3.03. The summed E-state index contributed by atoms with van der Waals surface area (Å²) in [7, 11) is 0. The molecule has 5 heteroatoms. The Balaban J connectivity index is 0.00000256. The molecule has 0 spiro atoms. The molecule has 17 heavy (non-hydrogen) atoms. The van der Waals surface area contributed by atoms with Crippen molar-refractivity contribution in [2.75, 3.05) is 24.6 Å². The van der Waals surface area contributed by atoms with Gasteiger partial charge in [-0.1, -0.05) is 12.8 Å². The molecule has 0 aromatic carbocycles. The minimum Gasteiger partial charge on any atom is -0.338 e. The van der Waals surface area contributed by atoms with Crippen molar-refractivity contribution in [1.29, 1.82) is 0 Å². The van der Waals surface area contributed by atoms with Crippen molar-refractivity contribution in [2.24, 2.45) is 5.73 Å². The lowest BCUT2D eigenvalue weighted by molar-refractivity contribution is -0.132. The molecule has 1 saturated heterocycles. The summed E-state index contributed by atoms with van der Waals surface area (Å²) in [5.41, 5.74) is 5.43. The van der Waals surface area contributed by atoms with Gasteiger partial charge in [0, 0.05) is 30.5 Å². The van der Waals surface area contributed by atoms with Crippen molar-refractivity contribution in [1.82, 2.24) is 4.90 Å². The summed E-state index contributed by atoms with van der Waals surface area (Å²) in [5, 5.41) is 0. The van der Waals surface area contributed by atoms with Crippen LogP contribution in [0.25, 0.3) is 0 Å². The van der Waals surface area contributed by atoms with Gasteiger partial charge in [0.25, 0.3) is 0 Å². The van der Waals surface area contributed by atoms with Gasteiger partial charge < -0.3 is 10.6 Å². The number of unbranched alkanes of at least 4 members (excludes halogenated alkanes) is 3. The third kappa shape index (κ3) is 6.53. The van der Waals surface area contributed by atoms with Crippen molar-refractivity contribution in [3.05, 3.63) is 0 Å². The quantitative estimate of drug-likeness (QED) is 0.760. The lowest BCUT2D eigenvalue weighted by atomic mass is 10.1. The Hall–Kier alpha value is 0.0700. The van der Waals surface area contributed by atoms with E-state index in [0.717, 1.165) is 56.7 Å². The number of thioether (sulfide) groups is 1. The first kappa shape index (κ1) is 17.1. The average Bonchev–Trinajstić information content (AvgIpc) is 2.29. The molecule has 1 unspecified atom stereocenters. The molecule has 1 aliphatic rings. The average molecular weight is 281 g/mol.